The lowest BCUT2D eigenvalue weighted by molar-refractivity contribution is 0.496. The number of hydrogen-bond donors (Lipinski definition) is 0. The van der Waals surface area contributed by atoms with Gasteiger partial charge in [-0.05, 0) is 26.9 Å². The first-order chi connectivity index (χ1) is 4.74. The highest BCUT2D eigenvalue weighted by atomic mass is 28.2. The van der Waals surface area contributed by atoms with E-state index in [0.29, 0.717) is 0 Å². The van der Waals surface area contributed by atoms with Gasteiger partial charge < -0.3 is 4.57 Å². The van der Waals surface area contributed by atoms with Crippen LogP contribution in [0.1, 0.15) is 27.7 Å². The Balaban J connectivity index is 3.63. The van der Waals surface area contributed by atoms with Gasteiger partial charge in [0.1, 0.15) is 9.68 Å². The van der Waals surface area contributed by atoms with Crippen molar-refractivity contribution in [2.24, 2.45) is 0 Å². The van der Waals surface area contributed by atoms with Crippen LogP contribution in [0.25, 0.3) is 0 Å². The van der Waals surface area contributed by atoms with Crippen LogP contribution in [0.2, 0.25) is 0 Å². The molecule has 0 aliphatic heterocycles. The Morgan fingerprint density at radius 2 is 1.90 bits per heavy atom. The summed E-state index contributed by atoms with van der Waals surface area (Å²) >= 11 is 0. The fourth-order valence-corrected chi connectivity index (χ4v) is 2.23. The Morgan fingerprint density at radius 3 is 2.20 bits per heavy atom. The van der Waals surface area contributed by atoms with Gasteiger partial charge in [-0.25, -0.2) is 0 Å². The molecule has 1 nitrogen and oxygen atoms in total. The predicted octanol–water partition coefficient (Wildman–Crippen LogP) is 1.34. The number of rotatable bonds is 4. The summed E-state index contributed by atoms with van der Waals surface area (Å²) in [7, 11) is -0.0559. The molecule has 0 rings (SSSR count). The van der Waals surface area contributed by atoms with Crippen molar-refractivity contribution in [1.29, 1.82) is 0 Å². The molecule has 0 bridgehead atoms. The van der Waals surface area contributed by atoms with E-state index in [1.54, 1.807) is 5.20 Å². The average molecular weight is 157 g/mol. The molecule has 0 aromatic heterocycles. The highest BCUT2D eigenvalue weighted by Gasteiger charge is 1.98. The highest BCUT2D eigenvalue weighted by molar-refractivity contribution is 6.41. The minimum atomic E-state index is -0.0559. The van der Waals surface area contributed by atoms with Crippen molar-refractivity contribution in [3.63, 3.8) is 0 Å². The maximum Gasteiger partial charge on any atom is 0.122 e. The summed E-state index contributed by atoms with van der Waals surface area (Å²) in [5, 5.41) is 1.60. The van der Waals surface area contributed by atoms with Crippen molar-refractivity contribution in [3.05, 3.63) is 11.3 Å². The predicted molar refractivity (Wildman–Crippen MR) is 50.9 cm³/mol. The number of nitrogens with zero attached hydrogens (tertiary/aromatic N) is 1. The van der Waals surface area contributed by atoms with Gasteiger partial charge in [0.2, 0.25) is 0 Å². The SMILES string of the molecule is CC=C(C)[SiH2]N(CC)CC. The molecule has 10 heavy (non-hydrogen) atoms. The number of allylic oxidation sites excluding steroid dienone is 2. The van der Waals surface area contributed by atoms with Gasteiger partial charge in [-0.1, -0.05) is 25.1 Å². The van der Waals surface area contributed by atoms with E-state index < -0.39 is 0 Å². The van der Waals surface area contributed by atoms with Crippen molar-refractivity contribution in [2.45, 2.75) is 27.7 Å². The third-order valence-corrected chi connectivity index (χ3v) is 4.11. The Hall–Kier alpha value is -0.0831. The monoisotopic (exact) mass is 157 g/mol. The van der Waals surface area contributed by atoms with E-state index in [1.165, 1.54) is 13.1 Å². The maximum absolute atomic E-state index is 2.55. The van der Waals surface area contributed by atoms with Crippen molar-refractivity contribution >= 4 is 9.68 Å². The third kappa shape index (κ3) is 3.85. The van der Waals surface area contributed by atoms with E-state index in [0.717, 1.165) is 0 Å². The first-order valence-electron chi connectivity index (χ1n) is 4.08. The molecule has 0 radical (unpaired) electrons. The quantitative estimate of drug-likeness (QED) is 0.557. The normalized spacial score (nSPS) is 13.9. The molecule has 0 amide bonds. The van der Waals surface area contributed by atoms with E-state index in [-0.39, 0.29) is 9.68 Å². The smallest absolute Gasteiger partial charge is 0.122 e. The largest absolute Gasteiger partial charge is 0.326 e. The van der Waals surface area contributed by atoms with Gasteiger partial charge in [0.05, 0.1) is 0 Å². The van der Waals surface area contributed by atoms with Crippen LogP contribution < -0.4 is 0 Å². The summed E-state index contributed by atoms with van der Waals surface area (Å²) in [4.78, 5) is 0. The fraction of sp³-hybridized carbons (Fsp3) is 0.750. The maximum atomic E-state index is 2.55. The summed E-state index contributed by atoms with van der Waals surface area (Å²) in [6, 6.07) is 0. The Bertz CT molecular complexity index is 106. The molecule has 0 aromatic carbocycles. The van der Waals surface area contributed by atoms with Crippen LogP contribution >= 0.6 is 0 Å². The lowest BCUT2D eigenvalue weighted by Gasteiger charge is -2.17. The molecule has 2 heteroatoms. The summed E-state index contributed by atoms with van der Waals surface area (Å²) < 4.78 is 2.55. The lowest BCUT2D eigenvalue weighted by Crippen LogP contribution is -2.27. The molecule has 0 heterocycles. The zero-order chi connectivity index (χ0) is 7.98. The number of hydrogen-bond acceptors (Lipinski definition) is 1. The second kappa shape index (κ2) is 5.68. The summed E-state index contributed by atoms with van der Waals surface area (Å²) in [6.45, 7) is 11.3. The van der Waals surface area contributed by atoms with Crippen LogP contribution in [-0.4, -0.2) is 27.3 Å². The van der Waals surface area contributed by atoms with E-state index >= 15 is 0 Å². The van der Waals surface area contributed by atoms with Gasteiger partial charge in [0.15, 0.2) is 0 Å². The molecular formula is C8H19NSi. The van der Waals surface area contributed by atoms with Gasteiger partial charge in [0, 0.05) is 0 Å². The minimum absolute atomic E-state index is 0.0559. The molecule has 0 aliphatic carbocycles. The molecule has 0 atom stereocenters. The fourth-order valence-electron chi connectivity index (χ4n) is 0.891. The van der Waals surface area contributed by atoms with Gasteiger partial charge in [-0.2, -0.15) is 0 Å². The van der Waals surface area contributed by atoms with E-state index in [4.69, 9.17) is 0 Å². The molecule has 0 saturated carbocycles. The van der Waals surface area contributed by atoms with Crippen molar-refractivity contribution < 1.29 is 0 Å². The van der Waals surface area contributed by atoms with Crippen LogP contribution in [0.15, 0.2) is 11.3 Å². The molecule has 0 unspecified atom stereocenters. The van der Waals surface area contributed by atoms with Crippen molar-refractivity contribution in [3.8, 4) is 0 Å². The molecule has 0 N–H and O–H groups in total. The molecule has 0 spiro atoms. The molecule has 0 aliphatic rings. The van der Waals surface area contributed by atoms with Crippen LogP contribution in [0.4, 0.5) is 0 Å². The average Bonchev–Trinajstić information content (AvgIpc) is 1.99. The van der Waals surface area contributed by atoms with Gasteiger partial charge >= 0.3 is 0 Å². The van der Waals surface area contributed by atoms with Gasteiger partial charge in [-0.3, -0.25) is 0 Å². The van der Waals surface area contributed by atoms with Crippen LogP contribution in [0.5, 0.6) is 0 Å². The summed E-state index contributed by atoms with van der Waals surface area (Å²) in [5.41, 5.74) is 0. The third-order valence-electron chi connectivity index (χ3n) is 1.86. The standard InChI is InChI=1S/C8H19NSi/c1-5-8(4)10-9(6-2)7-3/h5H,6-7,10H2,1-4H3. The molecule has 0 aromatic rings. The Kier molecular flexibility index (Phi) is 5.64. The van der Waals surface area contributed by atoms with Crippen LogP contribution in [-0.2, 0) is 0 Å². The molecule has 0 saturated heterocycles. The lowest BCUT2D eigenvalue weighted by atomic mass is 10.6. The second-order valence-corrected chi connectivity index (χ2v) is 4.92. The van der Waals surface area contributed by atoms with Gasteiger partial charge in [0.25, 0.3) is 0 Å². The second-order valence-electron chi connectivity index (χ2n) is 2.60. The minimum Gasteiger partial charge on any atom is -0.326 e. The van der Waals surface area contributed by atoms with E-state index in [2.05, 4.69) is 38.3 Å². The first kappa shape index (κ1) is 9.92. The zero-order valence-electron chi connectivity index (χ0n) is 7.65. The van der Waals surface area contributed by atoms with Gasteiger partial charge in [-0.15, -0.1) is 0 Å². The first-order valence-corrected chi connectivity index (χ1v) is 5.42. The Morgan fingerprint density at radius 1 is 1.40 bits per heavy atom. The highest BCUT2D eigenvalue weighted by Crippen LogP contribution is 1.93. The summed E-state index contributed by atoms with van der Waals surface area (Å²) in [6.07, 6.45) is 2.24. The molecule has 0 fully saturated rings. The van der Waals surface area contributed by atoms with Crippen LogP contribution in [0.3, 0.4) is 0 Å². The van der Waals surface area contributed by atoms with E-state index in [9.17, 15) is 0 Å². The van der Waals surface area contributed by atoms with Crippen LogP contribution in [0, 0.1) is 0 Å². The van der Waals surface area contributed by atoms with Crippen molar-refractivity contribution in [1.82, 2.24) is 4.57 Å². The Labute approximate surface area is 67.0 Å². The van der Waals surface area contributed by atoms with E-state index in [1.807, 2.05) is 0 Å². The molecule has 60 valence electrons. The zero-order valence-corrected chi connectivity index (χ0v) is 9.06. The van der Waals surface area contributed by atoms with Crippen molar-refractivity contribution in [2.75, 3.05) is 13.1 Å². The topological polar surface area (TPSA) is 3.24 Å². The summed E-state index contributed by atoms with van der Waals surface area (Å²) in [5.74, 6) is 0. The molecular weight excluding hydrogens is 138 g/mol.